The maximum atomic E-state index is 2.42. The van der Waals surface area contributed by atoms with Crippen LogP contribution in [0.3, 0.4) is 0 Å². The molecule has 1 aliphatic heterocycles. The average Bonchev–Trinajstić information content (AvgIpc) is 2.28. The Morgan fingerprint density at radius 2 is 1.73 bits per heavy atom. The molecular weight excluding hydrogens is 152 g/mol. The van der Waals surface area contributed by atoms with Gasteiger partial charge in [0.15, 0.2) is 0 Å². The molecule has 0 N–H and O–H groups in total. The van der Waals surface area contributed by atoms with Crippen molar-refractivity contribution in [2.45, 2.75) is 33.6 Å². The normalized spacial score (nSPS) is 37.9. The van der Waals surface area contributed by atoms with Gasteiger partial charge in [0, 0.05) is 11.8 Å². The molecular formula is C10H21S+. The standard InChI is InChI=1S/C10H21S/c1-4-5-6-11-7-9(2)10(3)8-11/h9-10H,4-8H2,1-3H3/q+1. The van der Waals surface area contributed by atoms with Crippen LogP contribution >= 0.6 is 0 Å². The maximum absolute atomic E-state index is 2.42. The summed E-state index contributed by atoms with van der Waals surface area (Å²) >= 11 is 0. The predicted octanol–water partition coefficient (Wildman–Crippen LogP) is 2.69. The molecule has 0 amide bonds. The van der Waals surface area contributed by atoms with Crippen LogP contribution in [0.15, 0.2) is 0 Å². The molecule has 0 nitrogen and oxygen atoms in total. The summed E-state index contributed by atoms with van der Waals surface area (Å²) in [5.74, 6) is 6.60. The number of hydrogen-bond donors (Lipinski definition) is 0. The van der Waals surface area contributed by atoms with Crippen LogP contribution in [0.1, 0.15) is 33.6 Å². The molecule has 0 aromatic heterocycles. The zero-order valence-electron chi connectivity index (χ0n) is 8.10. The number of unbranched alkanes of at least 4 members (excludes halogenated alkanes) is 1. The average molecular weight is 173 g/mol. The molecule has 0 aromatic carbocycles. The van der Waals surface area contributed by atoms with Gasteiger partial charge in [-0.2, -0.15) is 0 Å². The third-order valence-electron chi connectivity index (χ3n) is 2.76. The van der Waals surface area contributed by atoms with Crippen LogP contribution in [0.25, 0.3) is 0 Å². The highest BCUT2D eigenvalue weighted by molar-refractivity contribution is 7.97. The monoisotopic (exact) mass is 173 g/mol. The molecule has 1 saturated heterocycles. The lowest BCUT2D eigenvalue weighted by Gasteiger charge is -1.99. The van der Waals surface area contributed by atoms with Crippen molar-refractivity contribution in [1.29, 1.82) is 0 Å². The van der Waals surface area contributed by atoms with Gasteiger partial charge in [0.25, 0.3) is 0 Å². The van der Waals surface area contributed by atoms with Gasteiger partial charge in [-0.05, 0) is 17.3 Å². The molecule has 1 rings (SSSR count). The second-order valence-corrected chi connectivity index (χ2v) is 6.26. The molecule has 66 valence electrons. The Morgan fingerprint density at radius 1 is 1.18 bits per heavy atom. The molecule has 0 aromatic rings. The van der Waals surface area contributed by atoms with Crippen molar-refractivity contribution in [2.75, 3.05) is 17.3 Å². The molecule has 0 spiro atoms. The lowest BCUT2D eigenvalue weighted by atomic mass is 10.0. The molecule has 0 saturated carbocycles. The highest BCUT2D eigenvalue weighted by Crippen LogP contribution is 2.26. The van der Waals surface area contributed by atoms with Crippen molar-refractivity contribution >= 4 is 10.9 Å². The van der Waals surface area contributed by atoms with Crippen molar-refractivity contribution in [3.05, 3.63) is 0 Å². The van der Waals surface area contributed by atoms with Crippen molar-refractivity contribution in [3.63, 3.8) is 0 Å². The Kier molecular flexibility index (Phi) is 3.77. The van der Waals surface area contributed by atoms with E-state index in [1.807, 2.05) is 0 Å². The van der Waals surface area contributed by atoms with E-state index in [-0.39, 0.29) is 0 Å². The Hall–Kier alpha value is 0.350. The first-order valence-corrected chi connectivity index (χ1v) is 6.61. The Morgan fingerprint density at radius 3 is 2.18 bits per heavy atom. The van der Waals surface area contributed by atoms with E-state index in [1.54, 1.807) is 0 Å². The van der Waals surface area contributed by atoms with Crippen LogP contribution in [0, 0.1) is 11.8 Å². The first kappa shape index (κ1) is 9.44. The summed E-state index contributed by atoms with van der Waals surface area (Å²) in [4.78, 5) is 0. The minimum Gasteiger partial charge on any atom is -0.0652 e. The van der Waals surface area contributed by atoms with Crippen LogP contribution in [0.4, 0.5) is 0 Å². The molecule has 0 radical (unpaired) electrons. The lowest BCUT2D eigenvalue weighted by molar-refractivity contribution is 0.494. The van der Waals surface area contributed by atoms with E-state index < -0.39 is 0 Å². The zero-order chi connectivity index (χ0) is 8.27. The van der Waals surface area contributed by atoms with Crippen molar-refractivity contribution in [2.24, 2.45) is 11.8 Å². The largest absolute Gasteiger partial charge is 0.111 e. The molecule has 2 unspecified atom stereocenters. The van der Waals surface area contributed by atoms with E-state index in [4.69, 9.17) is 0 Å². The molecule has 2 atom stereocenters. The van der Waals surface area contributed by atoms with E-state index in [1.165, 1.54) is 30.1 Å². The molecule has 0 bridgehead atoms. The fourth-order valence-corrected chi connectivity index (χ4v) is 4.97. The van der Waals surface area contributed by atoms with Crippen molar-refractivity contribution < 1.29 is 0 Å². The Labute approximate surface area is 74.1 Å². The maximum Gasteiger partial charge on any atom is 0.111 e. The van der Waals surface area contributed by atoms with Crippen LogP contribution in [0.5, 0.6) is 0 Å². The molecule has 1 heteroatoms. The highest BCUT2D eigenvalue weighted by atomic mass is 32.2. The second kappa shape index (κ2) is 4.39. The van der Waals surface area contributed by atoms with Crippen LogP contribution in [0.2, 0.25) is 0 Å². The van der Waals surface area contributed by atoms with Gasteiger partial charge in [-0.15, -0.1) is 0 Å². The summed E-state index contributed by atoms with van der Waals surface area (Å²) < 4.78 is 0. The first-order valence-electron chi connectivity index (χ1n) is 4.88. The number of hydrogen-bond acceptors (Lipinski definition) is 0. The van der Waals surface area contributed by atoms with Gasteiger partial charge < -0.3 is 0 Å². The van der Waals surface area contributed by atoms with Crippen molar-refractivity contribution in [3.8, 4) is 0 Å². The second-order valence-electron chi connectivity index (χ2n) is 3.96. The highest BCUT2D eigenvalue weighted by Gasteiger charge is 2.35. The van der Waals surface area contributed by atoms with Crippen molar-refractivity contribution in [1.82, 2.24) is 0 Å². The third kappa shape index (κ3) is 2.70. The quantitative estimate of drug-likeness (QED) is 0.576. The molecule has 1 fully saturated rings. The number of rotatable bonds is 3. The summed E-state index contributed by atoms with van der Waals surface area (Å²) in [7, 11) is 0.813. The van der Waals surface area contributed by atoms with Gasteiger partial charge in [-0.1, -0.05) is 27.2 Å². The van der Waals surface area contributed by atoms with Crippen LogP contribution in [-0.4, -0.2) is 17.3 Å². The Bertz CT molecular complexity index is 101. The molecule has 1 aliphatic rings. The zero-order valence-corrected chi connectivity index (χ0v) is 8.91. The van der Waals surface area contributed by atoms with Crippen LogP contribution < -0.4 is 0 Å². The van der Waals surface area contributed by atoms with Crippen LogP contribution in [-0.2, 0) is 10.9 Å². The smallest absolute Gasteiger partial charge is 0.0652 e. The van der Waals surface area contributed by atoms with Gasteiger partial charge in [-0.25, -0.2) is 0 Å². The minimum atomic E-state index is 0.813. The SMILES string of the molecule is CCCC[S+]1CC(C)C(C)C1. The van der Waals surface area contributed by atoms with Gasteiger partial charge in [-0.3, -0.25) is 0 Å². The van der Waals surface area contributed by atoms with E-state index in [0.717, 1.165) is 22.7 Å². The van der Waals surface area contributed by atoms with E-state index in [2.05, 4.69) is 20.8 Å². The van der Waals surface area contributed by atoms with E-state index in [0.29, 0.717) is 0 Å². The Balaban J connectivity index is 2.18. The summed E-state index contributed by atoms with van der Waals surface area (Å²) in [6, 6.07) is 0. The van der Waals surface area contributed by atoms with E-state index >= 15 is 0 Å². The molecule has 11 heavy (non-hydrogen) atoms. The first-order chi connectivity index (χ1) is 5.24. The summed E-state index contributed by atoms with van der Waals surface area (Å²) in [6.45, 7) is 7.14. The summed E-state index contributed by atoms with van der Waals surface area (Å²) in [6.07, 6.45) is 2.84. The summed E-state index contributed by atoms with van der Waals surface area (Å²) in [5, 5.41) is 0. The van der Waals surface area contributed by atoms with Gasteiger partial charge >= 0.3 is 0 Å². The fraction of sp³-hybridized carbons (Fsp3) is 1.00. The topological polar surface area (TPSA) is 0 Å². The molecule has 1 heterocycles. The predicted molar refractivity (Wildman–Crippen MR) is 55.2 cm³/mol. The minimum absolute atomic E-state index is 0.813. The lowest BCUT2D eigenvalue weighted by Crippen LogP contribution is -2.09. The van der Waals surface area contributed by atoms with Gasteiger partial charge in [0.2, 0.25) is 0 Å². The summed E-state index contributed by atoms with van der Waals surface area (Å²) in [5.41, 5.74) is 0. The fourth-order valence-electron chi connectivity index (χ4n) is 1.66. The van der Waals surface area contributed by atoms with Gasteiger partial charge in [0.05, 0.1) is 0 Å². The molecule has 0 aliphatic carbocycles. The van der Waals surface area contributed by atoms with Gasteiger partial charge in [0.1, 0.15) is 17.3 Å². The third-order valence-corrected chi connectivity index (χ3v) is 5.62. The van der Waals surface area contributed by atoms with E-state index in [9.17, 15) is 0 Å².